The first-order chi connectivity index (χ1) is 8.34. The summed E-state index contributed by atoms with van der Waals surface area (Å²) < 4.78 is 22.5. The topological polar surface area (TPSA) is 63.2 Å². The van der Waals surface area contributed by atoms with Crippen molar-refractivity contribution in [2.45, 2.75) is 18.6 Å². The number of halogens is 1. The van der Waals surface area contributed by atoms with Crippen molar-refractivity contribution >= 4 is 33.0 Å². The molecule has 1 unspecified atom stereocenters. The van der Waals surface area contributed by atoms with E-state index in [4.69, 9.17) is 11.6 Å². The quantitative estimate of drug-likeness (QED) is 0.841. The molecule has 1 amide bonds. The Morgan fingerprint density at radius 3 is 2.33 bits per heavy atom. The zero-order chi connectivity index (χ0) is 13.8. The normalized spacial score (nSPS) is 13.1. The third kappa shape index (κ3) is 4.31. The van der Waals surface area contributed by atoms with Crippen molar-refractivity contribution in [3.8, 4) is 0 Å². The fourth-order valence-corrected chi connectivity index (χ4v) is 1.97. The molecule has 0 saturated heterocycles. The molecule has 0 heterocycles. The van der Waals surface area contributed by atoms with Gasteiger partial charge in [0, 0.05) is 17.8 Å². The minimum atomic E-state index is -3.37. The molecule has 0 spiro atoms. The first-order valence-corrected chi connectivity index (χ1v) is 7.98. The molecule has 1 aromatic rings. The van der Waals surface area contributed by atoms with Crippen LogP contribution >= 0.6 is 11.6 Å². The predicted octanol–water partition coefficient (Wildman–Crippen LogP) is 1.84. The zero-order valence-corrected chi connectivity index (χ0v) is 11.9. The summed E-state index contributed by atoms with van der Waals surface area (Å²) in [6.07, 6.45) is 1.80. The molecule has 0 aliphatic rings. The van der Waals surface area contributed by atoms with E-state index in [2.05, 4.69) is 5.32 Å². The molecule has 1 rings (SSSR count). The predicted molar refractivity (Wildman–Crippen MR) is 73.8 cm³/mol. The van der Waals surface area contributed by atoms with Crippen LogP contribution in [0.15, 0.2) is 24.3 Å². The van der Waals surface area contributed by atoms with Crippen LogP contribution in [0.2, 0.25) is 0 Å². The van der Waals surface area contributed by atoms with Crippen LogP contribution in [0.5, 0.6) is 0 Å². The van der Waals surface area contributed by atoms with Gasteiger partial charge in [-0.2, -0.15) is 0 Å². The van der Waals surface area contributed by atoms with E-state index in [1.54, 1.807) is 12.1 Å². The number of nitrogens with one attached hydrogen (secondary N) is 1. The zero-order valence-electron chi connectivity index (χ0n) is 10.3. The molecular weight excluding hydrogens is 274 g/mol. The first-order valence-electron chi connectivity index (χ1n) is 5.49. The van der Waals surface area contributed by atoms with E-state index in [9.17, 15) is 13.2 Å². The maximum absolute atomic E-state index is 11.7. The summed E-state index contributed by atoms with van der Waals surface area (Å²) in [4.78, 5) is 11.7. The minimum Gasteiger partial charge on any atom is -0.325 e. The van der Waals surface area contributed by atoms with Crippen molar-refractivity contribution in [1.29, 1.82) is 0 Å². The van der Waals surface area contributed by atoms with E-state index in [0.29, 0.717) is 11.6 Å². The number of aryl methyl sites for hydroxylation is 1. The van der Waals surface area contributed by atoms with Gasteiger partial charge in [0.15, 0.2) is 9.84 Å². The summed E-state index contributed by atoms with van der Waals surface area (Å²) in [7, 11) is -3.37. The van der Waals surface area contributed by atoms with E-state index >= 15 is 0 Å². The molecule has 0 bridgehead atoms. The number of carbonyl (C=O) groups is 1. The van der Waals surface area contributed by atoms with Crippen molar-refractivity contribution in [2.75, 3.05) is 17.5 Å². The van der Waals surface area contributed by atoms with Gasteiger partial charge in [-0.05, 0) is 31.0 Å². The van der Waals surface area contributed by atoms with Crippen LogP contribution < -0.4 is 5.32 Å². The van der Waals surface area contributed by atoms with E-state index in [1.165, 1.54) is 6.92 Å². The van der Waals surface area contributed by atoms with Gasteiger partial charge in [0.2, 0.25) is 5.91 Å². The van der Waals surface area contributed by atoms with Crippen molar-refractivity contribution in [2.24, 2.45) is 0 Å². The molecule has 18 heavy (non-hydrogen) atoms. The molecular formula is C12H16ClNO3S. The van der Waals surface area contributed by atoms with Crippen LogP contribution in [0.25, 0.3) is 0 Å². The maximum Gasteiger partial charge on any atom is 0.242 e. The minimum absolute atomic E-state index is 0.525. The Balaban J connectivity index is 2.71. The number of carbonyl (C=O) groups excluding carboxylic acids is 1. The largest absolute Gasteiger partial charge is 0.325 e. The lowest BCUT2D eigenvalue weighted by atomic mass is 10.1. The summed E-state index contributed by atoms with van der Waals surface area (Å²) in [5.74, 6) is 0.0131. The van der Waals surface area contributed by atoms with Gasteiger partial charge in [-0.1, -0.05) is 12.1 Å². The summed E-state index contributed by atoms with van der Waals surface area (Å²) in [6, 6.07) is 7.16. The van der Waals surface area contributed by atoms with Gasteiger partial charge in [0.25, 0.3) is 0 Å². The molecule has 0 aromatic heterocycles. The van der Waals surface area contributed by atoms with Crippen LogP contribution in [0.3, 0.4) is 0 Å². The second-order valence-electron chi connectivity index (χ2n) is 4.10. The number of anilines is 1. The number of benzene rings is 1. The average molecular weight is 290 g/mol. The molecule has 1 N–H and O–H groups in total. The Hall–Kier alpha value is -1.07. The Morgan fingerprint density at radius 1 is 1.33 bits per heavy atom. The van der Waals surface area contributed by atoms with E-state index < -0.39 is 21.0 Å². The van der Waals surface area contributed by atoms with Crippen LogP contribution in [-0.2, 0) is 21.1 Å². The monoisotopic (exact) mass is 289 g/mol. The Bertz CT molecular complexity index is 511. The summed E-state index contributed by atoms with van der Waals surface area (Å²) in [5.41, 5.74) is 1.65. The van der Waals surface area contributed by atoms with Gasteiger partial charge in [-0.3, -0.25) is 4.79 Å². The fraction of sp³-hybridized carbons (Fsp3) is 0.417. The second-order valence-corrected chi connectivity index (χ2v) is 6.84. The van der Waals surface area contributed by atoms with Gasteiger partial charge in [0.1, 0.15) is 5.25 Å². The summed E-state index contributed by atoms with van der Waals surface area (Å²) in [6.45, 7) is 1.37. The van der Waals surface area contributed by atoms with Crippen molar-refractivity contribution in [3.05, 3.63) is 29.8 Å². The van der Waals surface area contributed by atoms with Crippen LogP contribution in [-0.4, -0.2) is 31.7 Å². The smallest absolute Gasteiger partial charge is 0.242 e. The number of alkyl halides is 1. The third-order valence-electron chi connectivity index (χ3n) is 2.62. The fourth-order valence-electron chi connectivity index (χ4n) is 1.30. The molecule has 100 valence electrons. The lowest BCUT2D eigenvalue weighted by Crippen LogP contribution is -2.31. The molecule has 1 aromatic carbocycles. The van der Waals surface area contributed by atoms with Gasteiger partial charge >= 0.3 is 0 Å². The highest BCUT2D eigenvalue weighted by Crippen LogP contribution is 2.12. The Kier molecular flexibility index (Phi) is 5.16. The average Bonchev–Trinajstić information content (AvgIpc) is 2.30. The van der Waals surface area contributed by atoms with Gasteiger partial charge in [0.05, 0.1) is 0 Å². The summed E-state index contributed by atoms with van der Waals surface area (Å²) >= 11 is 5.62. The molecule has 0 aliphatic carbocycles. The molecule has 0 radical (unpaired) electrons. The number of hydrogen-bond acceptors (Lipinski definition) is 3. The molecule has 0 fully saturated rings. The third-order valence-corrected chi connectivity index (χ3v) is 4.30. The molecule has 0 saturated carbocycles. The molecule has 4 nitrogen and oxygen atoms in total. The highest BCUT2D eigenvalue weighted by atomic mass is 35.5. The Morgan fingerprint density at radius 2 is 1.89 bits per heavy atom. The molecule has 1 atom stereocenters. The Labute approximate surface area is 112 Å². The highest BCUT2D eigenvalue weighted by molar-refractivity contribution is 7.92. The van der Waals surface area contributed by atoms with Crippen molar-refractivity contribution in [3.63, 3.8) is 0 Å². The van der Waals surface area contributed by atoms with Crippen LogP contribution in [0.4, 0.5) is 5.69 Å². The lowest BCUT2D eigenvalue weighted by molar-refractivity contribution is -0.115. The second kappa shape index (κ2) is 6.20. The van der Waals surface area contributed by atoms with E-state index in [0.717, 1.165) is 18.2 Å². The van der Waals surface area contributed by atoms with Crippen LogP contribution in [0.1, 0.15) is 12.5 Å². The van der Waals surface area contributed by atoms with E-state index in [-0.39, 0.29) is 0 Å². The van der Waals surface area contributed by atoms with Gasteiger partial charge < -0.3 is 5.32 Å². The molecule has 0 aliphatic heterocycles. The summed E-state index contributed by atoms with van der Waals surface area (Å²) in [5, 5.41) is 1.51. The van der Waals surface area contributed by atoms with Crippen molar-refractivity contribution < 1.29 is 13.2 Å². The van der Waals surface area contributed by atoms with Gasteiger partial charge in [-0.15, -0.1) is 11.6 Å². The van der Waals surface area contributed by atoms with Gasteiger partial charge in [-0.25, -0.2) is 8.42 Å². The SMILES string of the molecule is CC(C(=O)Nc1ccc(CCCl)cc1)S(C)(=O)=O. The number of rotatable bonds is 5. The van der Waals surface area contributed by atoms with E-state index in [1.807, 2.05) is 12.1 Å². The van der Waals surface area contributed by atoms with Crippen molar-refractivity contribution in [1.82, 2.24) is 0 Å². The highest BCUT2D eigenvalue weighted by Gasteiger charge is 2.23. The maximum atomic E-state index is 11.7. The van der Waals surface area contributed by atoms with Crippen LogP contribution in [0, 0.1) is 0 Å². The number of sulfone groups is 1. The number of amides is 1. The molecule has 6 heteroatoms. The standard InChI is InChI=1S/C12H16ClNO3S/c1-9(18(2,16)17)12(15)14-11-5-3-10(4-6-11)7-8-13/h3-6,9H,7-8H2,1-2H3,(H,14,15). The lowest BCUT2D eigenvalue weighted by Gasteiger charge is -2.10. The first kappa shape index (κ1) is 15.0. The number of hydrogen-bond donors (Lipinski definition) is 1.